The molecule has 0 saturated carbocycles. The number of carbonyl (C=O) groups is 1. The molecule has 4 heteroatoms. The van der Waals surface area contributed by atoms with Crippen molar-refractivity contribution < 1.29 is 13.9 Å². The third kappa shape index (κ3) is 4.80. The van der Waals surface area contributed by atoms with Gasteiger partial charge in [0.1, 0.15) is 12.4 Å². The van der Waals surface area contributed by atoms with E-state index in [0.29, 0.717) is 29.3 Å². The lowest BCUT2D eigenvalue weighted by Crippen LogP contribution is -2.39. The van der Waals surface area contributed by atoms with Crippen molar-refractivity contribution in [1.29, 1.82) is 0 Å². The number of hydrogen-bond acceptors (Lipinski definition) is 2. The molecule has 1 heterocycles. The molecule has 0 N–H and O–H groups in total. The van der Waals surface area contributed by atoms with E-state index in [1.165, 1.54) is 4.90 Å². The lowest BCUT2D eigenvalue weighted by molar-refractivity contribution is -0.129. The lowest BCUT2D eigenvalue weighted by atomic mass is 9.79. The highest BCUT2D eigenvalue weighted by molar-refractivity contribution is 6.12. The van der Waals surface area contributed by atoms with Crippen molar-refractivity contribution in [3.05, 3.63) is 168 Å². The maximum atomic E-state index is 17.6. The zero-order chi connectivity index (χ0) is 27.4. The molecule has 5 aromatic carbocycles. The average Bonchev–Trinajstić information content (AvgIpc) is 3.25. The zero-order valence-corrected chi connectivity index (χ0v) is 21.9. The van der Waals surface area contributed by atoms with Crippen LogP contribution in [0.4, 0.5) is 15.8 Å². The maximum Gasteiger partial charge on any atom is 0.274 e. The number of ether oxygens (including phenoxy) is 1. The predicted octanol–water partition coefficient (Wildman–Crippen LogP) is 8.61. The van der Waals surface area contributed by atoms with Gasteiger partial charge in [-0.1, -0.05) is 121 Å². The summed E-state index contributed by atoms with van der Waals surface area (Å²) in [6, 6.07) is 43.4. The van der Waals surface area contributed by atoms with Gasteiger partial charge in [-0.2, -0.15) is 0 Å². The summed E-state index contributed by atoms with van der Waals surface area (Å²) in [5.74, 6) is -0.772. The Labute approximate surface area is 233 Å². The first-order chi connectivity index (χ1) is 19.6. The average molecular weight is 526 g/mol. The highest BCUT2D eigenvalue weighted by Gasteiger charge is 2.56. The number of anilines is 2. The maximum absolute atomic E-state index is 17.6. The molecule has 0 aromatic heterocycles. The van der Waals surface area contributed by atoms with Gasteiger partial charge in [-0.25, -0.2) is 4.39 Å². The summed E-state index contributed by atoms with van der Waals surface area (Å²) in [5, 5.41) is 0. The van der Waals surface area contributed by atoms with Gasteiger partial charge in [-0.05, 0) is 47.0 Å². The number of allylic oxidation sites excluding steroid dienone is 1. The number of carbonyl (C=O) groups excluding carboxylic acids is 1. The Morgan fingerprint density at radius 1 is 0.725 bits per heavy atom. The third-order valence-electron chi connectivity index (χ3n) is 7.26. The topological polar surface area (TPSA) is 29.5 Å². The van der Waals surface area contributed by atoms with E-state index in [1.807, 2.05) is 121 Å². The standard InChI is InChI=1S/C36H28FNO2/c37-36(32(29-16-8-3-9-17-29)25-20-27-12-4-1-5-13-27)33-18-10-11-19-34(33)38(35(36)39)30-21-23-31(24-22-30)40-26-28-14-6-2-7-15-28/h1-25,32H,26H2/b25-20+. The first kappa shape index (κ1) is 25.3. The Hall–Kier alpha value is -4.96. The molecule has 0 aliphatic carbocycles. The van der Waals surface area contributed by atoms with Gasteiger partial charge in [0.15, 0.2) is 0 Å². The van der Waals surface area contributed by atoms with Gasteiger partial charge in [-0.3, -0.25) is 9.69 Å². The molecule has 6 rings (SSSR count). The number of halogens is 1. The SMILES string of the molecule is O=C1N(c2ccc(OCc3ccccc3)cc2)c2ccccc2C1(F)C(/C=C/c1ccccc1)c1ccccc1. The minimum absolute atomic E-state index is 0.357. The number of amides is 1. The molecule has 196 valence electrons. The molecule has 0 fully saturated rings. The number of benzene rings is 5. The molecule has 2 unspecified atom stereocenters. The van der Waals surface area contributed by atoms with E-state index in [9.17, 15) is 4.79 Å². The Bertz CT molecular complexity index is 1620. The number of para-hydroxylation sites is 1. The number of alkyl halides is 1. The number of nitrogens with zero attached hydrogens (tertiary/aromatic N) is 1. The van der Waals surface area contributed by atoms with E-state index in [1.54, 1.807) is 30.3 Å². The van der Waals surface area contributed by atoms with Crippen molar-refractivity contribution in [2.45, 2.75) is 18.2 Å². The van der Waals surface area contributed by atoms with E-state index in [-0.39, 0.29) is 0 Å². The molecule has 0 spiro atoms. The van der Waals surface area contributed by atoms with Crippen LogP contribution in [-0.4, -0.2) is 5.91 Å². The molecule has 40 heavy (non-hydrogen) atoms. The molecule has 3 nitrogen and oxygen atoms in total. The first-order valence-electron chi connectivity index (χ1n) is 13.3. The van der Waals surface area contributed by atoms with Gasteiger partial charge in [-0.15, -0.1) is 0 Å². The van der Waals surface area contributed by atoms with Crippen molar-refractivity contribution in [3.63, 3.8) is 0 Å². The molecular weight excluding hydrogens is 497 g/mol. The highest BCUT2D eigenvalue weighted by Crippen LogP contribution is 2.53. The van der Waals surface area contributed by atoms with Gasteiger partial charge < -0.3 is 4.74 Å². The fourth-order valence-electron chi connectivity index (χ4n) is 5.26. The van der Waals surface area contributed by atoms with Crippen molar-refractivity contribution in [3.8, 4) is 5.75 Å². The molecule has 1 amide bonds. The summed E-state index contributed by atoms with van der Waals surface area (Å²) < 4.78 is 23.5. The van der Waals surface area contributed by atoms with Gasteiger partial charge >= 0.3 is 0 Å². The van der Waals surface area contributed by atoms with E-state index in [2.05, 4.69) is 0 Å². The first-order valence-corrected chi connectivity index (χ1v) is 13.3. The van der Waals surface area contributed by atoms with Gasteiger partial charge in [0.05, 0.1) is 11.6 Å². The minimum Gasteiger partial charge on any atom is -0.489 e. The molecule has 1 aliphatic rings. The Kier molecular flexibility index (Phi) is 6.98. The quantitative estimate of drug-likeness (QED) is 0.203. The van der Waals surface area contributed by atoms with Crippen LogP contribution < -0.4 is 9.64 Å². The Balaban J connectivity index is 1.36. The van der Waals surface area contributed by atoms with Crippen LogP contribution in [0.5, 0.6) is 5.75 Å². The number of fused-ring (bicyclic) bond motifs is 1. The van der Waals surface area contributed by atoms with E-state index < -0.39 is 17.5 Å². The normalized spacial score (nSPS) is 17.1. The van der Waals surface area contributed by atoms with Crippen LogP contribution in [0.1, 0.15) is 28.2 Å². The summed E-state index contributed by atoms with van der Waals surface area (Å²) in [7, 11) is 0. The summed E-state index contributed by atoms with van der Waals surface area (Å²) in [5.41, 5.74) is 1.92. The van der Waals surface area contributed by atoms with E-state index in [4.69, 9.17) is 4.74 Å². The van der Waals surface area contributed by atoms with Gasteiger partial charge in [0.2, 0.25) is 5.67 Å². The smallest absolute Gasteiger partial charge is 0.274 e. The van der Waals surface area contributed by atoms with Crippen molar-refractivity contribution in [2.75, 3.05) is 4.90 Å². The molecule has 0 saturated heterocycles. The molecule has 0 bridgehead atoms. The molecule has 0 radical (unpaired) electrons. The van der Waals surface area contributed by atoms with Crippen LogP contribution in [0, 0.1) is 0 Å². The van der Waals surface area contributed by atoms with Crippen LogP contribution in [0.25, 0.3) is 6.08 Å². The fraction of sp³-hybridized carbons (Fsp3) is 0.0833. The van der Waals surface area contributed by atoms with E-state index >= 15 is 4.39 Å². The number of rotatable bonds is 8. The molecule has 1 aliphatic heterocycles. The Morgan fingerprint density at radius 3 is 2.02 bits per heavy atom. The van der Waals surface area contributed by atoms with Gasteiger partial charge in [0, 0.05) is 11.3 Å². The summed E-state index contributed by atoms with van der Waals surface area (Å²) in [6.45, 7) is 0.436. The fourth-order valence-corrected chi connectivity index (χ4v) is 5.26. The van der Waals surface area contributed by atoms with E-state index in [0.717, 1.165) is 16.7 Å². The Morgan fingerprint density at radius 2 is 1.32 bits per heavy atom. The van der Waals surface area contributed by atoms with Crippen molar-refractivity contribution in [2.24, 2.45) is 0 Å². The molecule has 5 aromatic rings. The van der Waals surface area contributed by atoms with Gasteiger partial charge in [0.25, 0.3) is 5.91 Å². The predicted molar refractivity (Wildman–Crippen MR) is 158 cm³/mol. The second kappa shape index (κ2) is 11.0. The number of hydrogen-bond donors (Lipinski definition) is 0. The van der Waals surface area contributed by atoms with Crippen LogP contribution in [0.2, 0.25) is 0 Å². The van der Waals surface area contributed by atoms with Crippen LogP contribution in [-0.2, 0) is 17.1 Å². The summed E-state index contributed by atoms with van der Waals surface area (Å²) in [6.07, 6.45) is 3.69. The van der Waals surface area contributed by atoms with Crippen molar-refractivity contribution in [1.82, 2.24) is 0 Å². The largest absolute Gasteiger partial charge is 0.489 e. The summed E-state index contributed by atoms with van der Waals surface area (Å²) >= 11 is 0. The third-order valence-corrected chi connectivity index (χ3v) is 7.26. The van der Waals surface area contributed by atoms with Crippen LogP contribution in [0.3, 0.4) is 0 Å². The lowest BCUT2D eigenvalue weighted by Gasteiger charge is -2.28. The van der Waals surface area contributed by atoms with Crippen LogP contribution in [0.15, 0.2) is 146 Å². The second-order valence-corrected chi connectivity index (χ2v) is 9.80. The zero-order valence-electron chi connectivity index (χ0n) is 21.9. The monoisotopic (exact) mass is 525 g/mol. The molecule has 2 atom stereocenters. The highest BCUT2D eigenvalue weighted by atomic mass is 19.1. The second-order valence-electron chi connectivity index (χ2n) is 9.80. The molecular formula is C36H28FNO2. The summed E-state index contributed by atoms with van der Waals surface area (Å²) in [4.78, 5) is 15.7. The van der Waals surface area contributed by atoms with Crippen LogP contribution >= 0.6 is 0 Å². The van der Waals surface area contributed by atoms with Crippen molar-refractivity contribution >= 4 is 23.4 Å². The minimum atomic E-state index is -2.30.